The van der Waals surface area contributed by atoms with Gasteiger partial charge in [0.2, 0.25) is 0 Å². The van der Waals surface area contributed by atoms with Crippen molar-refractivity contribution in [1.82, 2.24) is 15.5 Å². The molecule has 0 fully saturated rings. The molecule has 7 nitrogen and oxygen atoms in total. The predicted molar refractivity (Wildman–Crippen MR) is 67.5 cm³/mol. The molecule has 0 saturated heterocycles. The molecule has 1 heterocycles. The smallest absolute Gasteiger partial charge is 0.285 e. The summed E-state index contributed by atoms with van der Waals surface area (Å²) in [5.74, 6) is -3.59. The molecule has 2 N–H and O–H groups in total. The van der Waals surface area contributed by atoms with Gasteiger partial charge in [-0.25, -0.2) is 8.78 Å². The zero-order chi connectivity index (χ0) is 15.6. The van der Waals surface area contributed by atoms with Gasteiger partial charge in [0.1, 0.15) is 5.56 Å². The molecule has 1 aromatic heterocycles. The number of aromatic nitrogens is 2. The van der Waals surface area contributed by atoms with Crippen LogP contribution in [0, 0.1) is 28.7 Å². The van der Waals surface area contributed by atoms with Crippen LogP contribution in [0.4, 0.5) is 14.5 Å². The van der Waals surface area contributed by atoms with Crippen molar-refractivity contribution in [3.05, 3.63) is 56.9 Å². The van der Waals surface area contributed by atoms with Gasteiger partial charge in [-0.2, -0.15) is 5.10 Å². The standard InChI is InChI=1S/C12H10F2N4O3/c1-6-7(5-16-17-6)4-15-12(19)8-2-9(13)10(14)3-11(8)18(20)21/h2-3,5H,4H2,1H3,(H,15,19)(H,16,17). The van der Waals surface area contributed by atoms with Gasteiger partial charge in [0, 0.05) is 17.8 Å². The maximum Gasteiger partial charge on any atom is 0.285 e. The number of benzene rings is 1. The lowest BCUT2D eigenvalue weighted by Gasteiger charge is -2.06. The molecule has 0 bridgehead atoms. The maximum absolute atomic E-state index is 13.2. The Kier molecular flexibility index (Phi) is 3.92. The third kappa shape index (κ3) is 3.02. The number of rotatable bonds is 4. The molecule has 1 amide bonds. The molecular formula is C12H10F2N4O3. The van der Waals surface area contributed by atoms with Crippen LogP contribution < -0.4 is 5.32 Å². The molecule has 0 radical (unpaired) electrons. The predicted octanol–water partition coefficient (Wildman–Crippen LogP) is 1.83. The summed E-state index contributed by atoms with van der Waals surface area (Å²) in [6.45, 7) is 1.78. The van der Waals surface area contributed by atoms with Gasteiger partial charge in [0.25, 0.3) is 11.6 Å². The van der Waals surface area contributed by atoms with Crippen LogP contribution in [0.3, 0.4) is 0 Å². The first-order valence-electron chi connectivity index (χ1n) is 5.80. The topological polar surface area (TPSA) is 101 Å². The summed E-state index contributed by atoms with van der Waals surface area (Å²) < 4.78 is 26.2. The fourth-order valence-corrected chi connectivity index (χ4v) is 1.69. The summed E-state index contributed by atoms with van der Waals surface area (Å²) in [5.41, 5.74) is 0.0547. The van der Waals surface area contributed by atoms with E-state index in [2.05, 4.69) is 15.5 Å². The number of nitrogens with zero attached hydrogens (tertiary/aromatic N) is 2. The van der Waals surface area contributed by atoms with Gasteiger partial charge < -0.3 is 5.32 Å². The fraction of sp³-hybridized carbons (Fsp3) is 0.167. The molecule has 0 spiro atoms. The highest BCUT2D eigenvalue weighted by Gasteiger charge is 2.23. The number of amides is 1. The monoisotopic (exact) mass is 296 g/mol. The molecule has 110 valence electrons. The van der Waals surface area contributed by atoms with Crippen LogP contribution in [0.1, 0.15) is 21.6 Å². The van der Waals surface area contributed by atoms with Crippen molar-refractivity contribution in [2.24, 2.45) is 0 Å². The van der Waals surface area contributed by atoms with Crippen molar-refractivity contribution in [2.75, 3.05) is 0 Å². The number of H-pyrrole nitrogens is 1. The molecule has 0 aliphatic carbocycles. The lowest BCUT2D eigenvalue weighted by molar-refractivity contribution is -0.385. The Morgan fingerprint density at radius 3 is 2.67 bits per heavy atom. The lowest BCUT2D eigenvalue weighted by Crippen LogP contribution is -2.24. The first-order chi connectivity index (χ1) is 9.90. The summed E-state index contributed by atoms with van der Waals surface area (Å²) in [6, 6.07) is 0.887. The van der Waals surface area contributed by atoms with E-state index in [1.54, 1.807) is 6.92 Å². The highest BCUT2D eigenvalue weighted by atomic mass is 19.2. The first-order valence-corrected chi connectivity index (χ1v) is 5.80. The van der Waals surface area contributed by atoms with Crippen molar-refractivity contribution < 1.29 is 18.5 Å². The highest BCUT2D eigenvalue weighted by molar-refractivity contribution is 5.98. The van der Waals surface area contributed by atoms with E-state index in [0.717, 1.165) is 5.69 Å². The third-order valence-corrected chi connectivity index (χ3v) is 2.85. The van der Waals surface area contributed by atoms with E-state index in [9.17, 15) is 23.7 Å². The molecule has 0 saturated carbocycles. The van der Waals surface area contributed by atoms with E-state index in [-0.39, 0.29) is 6.54 Å². The number of nitrogens with one attached hydrogen (secondary N) is 2. The van der Waals surface area contributed by atoms with Crippen LogP contribution in [-0.4, -0.2) is 21.0 Å². The second-order valence-corrected chi connectivity index (χ2v) is 4.24. The van der Waals surface area contributed by atoms with Crippen molar-refractivity contribution in [3.8, 4) is 0 Å². The van der Waals surface area contributed by atoms with Crippen LogP contribution in [-0.2, 0) is 6.54 Å². The van der Waals surface area contributed by atoms with Crippen LogP contribution >= 0.6 is 0 Å². The van der Waals surface area contributed by atoms with E-state index in [4.69, 9.17) is 0 Å². The second kappa shape index (κ2) is 5.65. The normalized spacial score (nSPS) is 10.4. The van der Waals surface area contributed by atoms with E-state index in [1.807, 2.05) is 0 Å². The zero-order valence-corrected chi connectivity index (χ0v) is 10.8. The Balaban J connectivity index is 2.24. The van der Waals surface area contributed by atoms with Crippen molar-refractivity contribution in [2.45, 2.75) is 13.5 Å². The number of aromatic amines is 1. The first kappa shape index (κ1) is 14.6. The number of halogens is 2. The van der Waals surface area contributed by atoms with Gasteiger partial charge in [-0.15, -0.1) is 0 Å². The van der Waals surface area contributed by atoms with Gasteiger partial charge in [-0.1, -0.05) is 0 Å². The number of nitro groups is 1. The zero-order valence-electron chi connectivity index (χ0n) is 10.8. The minimum atomic E-state index is -1.39. The van der Waals surface area contributed by atoms with Crippen molar-refractivity contribution in [3.63, 3.8) is 0 Å². The molecule has 21 heavy (non-hydrogen) atoms. The Hall–Kier alpha value is -2.84. The molecule has 1 aromatic carbocycles. The number of carbonyl (C=O) groups excluding carboxylic acids is 1. The third-order valence-electron chi connectivity index (χ3n) is 2.85. The van der Waals surface area contributed by atoms with Crippen LogP contribution in [0.25, 0.3) is 0 Å². The van der Waals surface area contributed by atoms with Crippen LogP contribution in [0.15, 0.2) is 18.3 Å². The van der Waals surface area contributed by atoms with Gasteiger partial charge in [-0.05, 0) is 13.0 Å². The average molecular weight is 296 g/mol. The fourth-order valence-electron chi connectivity index (χ4n) is 1.69. The molecule has 0 unspecified atom stereocenters. The van der Waals surface area contributed by atoms with Gasteiger partial charge in [-0.3, -0.25) is 20.0 Å². The molecule has 2 rings (SSSR count). The summed E-state index contributed by atoms with van der Waals surface area (Å²) in [5, 5.41) is 19.6. The summed E-state index contributed by atoms with van der Waals surface area (Å²) >= 11 is 0. The molecular weight excluding hydrogens is 286 g/mol. The van der Waals surface area contributed by atoms with Gasteiger partial charge >= 0.3 is 0 Å². The summed E-state index contributed by atoms with van der Waals surface area (Å²) in [4.78, 5) is 21.8. The Morgan fingerprint density at radius 1 is 1.43 bits per heavy atom. The quantitative estimate of drug-likeness (QED) is 0.664. The van der Waals surface area contributed by atoms with Crippen LogP contribution in [0.2, 0.25) is 0 Å². The SMILES string of the molecule is Cc1[nH]ncc1CNC(=O)c1cc(F)c(F)cc1[N+](=O)[O-]. The molecule has 2 aromatic rings. The minimum Gasteiger partial charge on any atom is -0.348 e. The number of aryl methyl sites for hydroxylation is 1. The number of nitro benzene ring substituents is 1. The number of hydrogen-bond donors (Lipinski definition) is 2. The highest BCUT2D eigenvalue weighted by Crippen LogP contribution is 2.22. The van der Waals surface area contributed by atoms with Gasteiger partial charge in [0.15, 0.2) is 11.6 Å². The van der Waals surface area contributed by atoms with E-state index in [1.165, 1.54) is 6.20 Å². The maximum atomic E-state index is 13.2. The summed E-state index contributed by atoms with van der Waals surface area (Å²) in [6.07, 6.45) is 1.48. The number of carbonyl (C=O) groups is 1. The number of hydrogen-bond acceptors (Lipinski definition) is 4. The Labute approximate surface area is 117 Å². The van der Waals surface area contributed by atoms with E-state index < -0.39 is 33.7 Å². The minimum absolute atomic E-state index is 0.0529. The largest absolute Gasteiger partial charge is 0.348 e. The van der Waals surface area contributed by atoms with Gasteiger partial charge in [0.05, 0.1) is 17.2 Å². The molecule has 0 aliphatic heterocycles. The van der Waals surface area contributed by atoms with E-state index >= 15 is 0 Å². The van der Waals surface area contributed by atoms with Crippen molar-refractivity contribution >= 4 is 11.6 Å². The molecule has 0 atom stereocenters. The molecule has 0 aliphatic rings. The Morgan fingerprint density at radius 2 is 2.10 bits per heavy atom. The average Bonchev–Trinajstić information content (AvgIpc) is 2.84. The van der Waals surface area contributed by atoms with E-state index in [0.29, 0.717) is 17.7 Å². The Bertz CT molecular complexity index is 715. The van der Waals surface area contributed by atoms with Crippen LogP contribution in [0.5, 0.6) is 0 Å². The second-order valence-electron chi connectivity index (χ2n) is 4.24. The molecule has 9 heteroatoms. The lowest BCUT2D eigenvalue weighted by atomic mass is 10.1. The summed E-state index contributed by atoms with van der Waals surface area (Å²) in [7, 11) is 0. The van der Waals surface area contributed by atoms with Crippen molar-refractivity contribution in [1.29, 1.82) is 0 Å².